The highest BCUT2D eigenvalue weighted by Crippen LogP contribution is 2.45. The number of fused-ring (bicyclic) bond motifs is 1. The lowest BCUT2D eigenvalue weighted by Gasteiger charge is -2.16. The van der Waals surface area contributed by atoms with Crippen LogP contribution in [0.3, 0.4) is 0 Å². The third-order valence-corrected chi connectivity index (χ3v) is 3.78. The summed E-state index contributed by atoms with van der Waals surface area (Å²) in [5.41, 5.74) is 5.84. The molecule has 2 atom stereocenters. The van der Waals surface area contributed by atoms with E-state index in [1.165, 1.54) is 0 Å². The van der Waals surface area contributed by atoms with Crippen LogP contribution in [0, 0.1) is 11.8 Å². The van der Waals surface area contributed by atoms with Crippen molar-refractivity contribution in [1.82, 2.24) is 4.98 Å². The fraction of sp³-hybridized carbons (Fsp3) is 0.625. The molecule has 1 aromatic rings. The first kappa shape index (κ1) is 6.86. The first-order valence-electron chi connectivity index (χ1n) is 4.26. The Morgan fingerprint density at radius 2 is 2.25 bits per heavy atom. The van der Waals surface area contributed by atoms with Gasteiger partial charge in [-0.25, -0.2) is 4.98 Å². The van der Waals surface area contributed by atoms with Gasteiger partial charge in [0.1, 0.15) is 0 Å². The Balaban J connectivity index is 1.76. The molecule has 0 aromatic carbocycles. The number of anilines is 1. The summed E-state index contributed by atoms with van der Waals surface area (Å²) in [7, 11) is 0. The van der Waals surface area contributed by atoms with Gasteiger partial charge < -0.3 is 10.6 Å². The zero-order valence-electron chi connectivity index (χ0n) is 6.68. The Kier molecular flexibility index (Phi) is 1.26. The van der Waals surface area contributed by atoms with Crippen molar-refractivity contribution in [3.63, 3.8) is 0 Å². The Hall–Kier alpha value is -0.610. The fourth-order valence-electron chi connectivity index (χ4n) is 2.10. The van der Waals surface area contributed by atoms with E-state index in [4.69, 9.17) is 5.73 Å². The summed E-state index contributed by atoms with van der Waals surface area (Å²) in [6, 6.07) is 0.487. The van der Waals surface area contributed by atoms with Crippen LogP contribution in [0.15, 0.2) is 11.6 Å². The molecule has 2 N–H and O–H groups in total. The zero-order valence-corrected chi connectivity index (χ0v) is 7.50. The average Bonchev–Trinajstić information content (AvgIpc) is 2.66. The summed E-state index contributed by atoms with van der Waals surface area (Å²) < 4.78 is 0. The third-order valence-electron chi connectivity index (χ3n) is 2.95. The molecule has 2 unspecified atom stereocenters. The molecule has 1 saturated carbocycles. The van der Waals surface area contributed by atoms with E-state index in [0.717, 1.165) is 30.1 Å². The smallest absolute Gasteiger partial charge is 0.185 e. The van der Waals surface area contributed by atoms with Gasteiger partial charge in [0, 0.05) is 30.7 Å². The minimum Gasteiger partial charge on any atom is -0.347 e. The van der Waals surface area contributed by atoms with Crippen LogP contribution in [0.5, 0.6) is 0 Å². The molecule has 0 bridgehead atoms. The monoisotopic (exact) mass is 181 g/mol. The van der Waals surface area contributed by atoms with Gasteiger partial charge in [0.05, 0.1) is 0 Å². The summed E-state index contributed by atoms with van der Waals surface area (Å²) in [5, 5.41) is 3.19. The molecule has 2 fully saturated rings. The minimum absolute atomic E-state index is 0.487. The standard InChI is InChI=1S/C8H11N3S/c9-7-5-3-11(4-6(5)7)8-10-1-2-12-8/h1-2,5-7H,3-4,9H2. The second kappa shape index (κ2) is 2.20. The molecule has 0 amide bonds. The van der Waals surface area contributed by atoms with Crippen molar-refractivity contribution in [3.05, 3.63) is 11.6 Å². The number of nitrogens with two attached hydrogens (primary N) is 1. The summed E-state index contributed by atoms with van der Waals surface area (Å²) >= 11 is 1.72. The number of hydrogen-bond acceptors (Lipinski definition) is 4. The van der Waals surface area contributed by atoms with Gasteiger partial charge in [-0.3, -0.25) is 0 Å². The summed E-state index contributed by atoms with van der Waals surface area (Å²) in [5.74, 6) is 1.52. The number of rotatable bonds is 1. The molecule has 12 heavy (non-hydrogen) atoms. The third kappa shape index (κ3) is 0.820. The molecule has 64 valence electrons. The summed E-state index contributed by atoms with van der Waals surface area (Å²) in [6.45, 7) is 2.25. The minimum atomic E-state index is 0.487. The van der Waals surface area contributed by atoms with Crippen molar-refractivity contribution < 1.29 is 0 Å². The highest BCUT2D eigenvalue weighted by molar-refractivity contribution is 7.13. The Morgan fingerprint density at radius 1 is 1.50 bits per heavy atom. The highest BCUT2D eigenvalue weighted by Gasteiger charge is 2.53. The van der Waals surface area contributed by atoms with Crippen molar-refractivity contribution in [1.29, 1.82) is 0 Å². The zero-order chi connectivity index (χ0) is 8.13. The van der Waals surface area contributed by atoms with Crippen LogP contribution in [0.1, 0.15) is 0 Å². The first-order valence-corrected chi connectivity index (χ1v) is 5.14. The predicted octanol–water partition coefficient (Wildman–Crippen LogP) is 0.536. The molecule has 4 heteroatoms. The molecule has 1 aromatic heterocycles. The van der Waals surface area contributed by atoms with E-state index < -0.39 is 0 Å². The molecule has 3 rings (SSSR count). The number of aromatic nitrogens is 1. The maximum absolute atomic E-state index is 5.84. The molecule has 2 aliphatic rings. The lowest BCUT2D eigenvalue weighted by atomic mass is 10.4. The van der Waals surface area contributed by atoms with Gasteiger partial charge in [-0.15, -0.1) is 11.3 Å². The Bertz CT molecular complexity index is 273. The van der Waals surface area contributed by atoms with Crippen LogP contribution < -0.4 is 10.6 Å². The largest absolute Gasteiger partial charge is 0.347 e. The van der Waals surface area contributed by atoms with E-state index in [1.807, 2.05) is 11.6 Å². The van der Waals surface area contributed by atoms with Crippen LogP contribution in [0.25, 0.3) is 0 Å². The van der Waals surface area contributed by atoms with E-state index in [-0.39, 0.29) is 0 Å². The fourth-order valence-corrected chi connectivity index (χ4v) is 2.76. The summed E-state index contributed by atoms with van der Waals surface area (Å²) in [4.78, 5) is 6.63. The Labute approximate surface area is 75.2 Å². The van der Waals surface area contributed by atoms with Crippen LogP contribution in [0.4, 0.5) is 5.13 Å². The quantitative estimate of drug-likeness (QED) is 0.687. The van der Waals surface area contributed by atoms with Gasteiger partial charge in [-0.1, -0.05) is 0 Å². The number of nitrogens with zero attached hydrogens (tertiary/aromatic N) is 2. The number of hydrogen-bond donors (Lipinski definition) is 1. The van der Waals surface area contributed by atoms with Crippen molar-refractivity contribution in [2.45, 2.75) is 6.04 Å². The van der Waals surface area contributed by atoms with Crippen molar-refractivity contribution in [2.24, 2.45) is 17.6 Å². The summed E-state index contributed by atoms with van der Waals surface area (Å²) in [6.07, 6.45) is 1.86. The second-order valence-corrected chi connectivity index (χ2v) is 4.50. The molecule has 2 heterocycles. The van der Waals surface area contributed by atoms with Gasteiger partial charge in [0.2, 0.25) is 0 Å². The molecule has 3 nitrogen and oxygen atoms in total. The molecule has 1 saturated heterocycles. The van der Waals surface area contributed by atoms with E-state index in [0.29, 0.717) is 6.04 Å². The van der Waals surface area contributed by atoms with Crippen LogP contribution >= 0.6 is 11.3 Å². The highest BCUT2D eigenvalue weighted by atomic mass is 32.1. The first-order chi connectivity index (χ1) is 5.86. The molecule has 0 radical (unpaired) electrons. The van der Waals surface area contributed by atoms with Crippen molar-refractivity contribution >= 4 is 16.5 Å². The van der Waals surface area contributed by atoms with E-state index in [9.17, 15) is 0 Å². The van der Waals surface area contributed by atoms with Crippen LogP contribution in [-0.2, 0) is 0 Å². The average molecular weight is 181 g/mol. The molecular weight excluding hydrogens is 170 g/mol. The maximum atomic E-state index is 5.84. The van der Waals surface area contributed by atoms with Gasteiger partial charge in [-0.2, -0.15) is 0 Å². The van der Waals surface area contributed by atoms with Gasteiger partial charge in [-0.05, 0) is 11.8 Å². The van der Waals surface area contributed by atoms with E-state index in [2.05, 4.69) is 9.88 Å². The SMILES string of the molecule is NC1C2CN(c3nccs3)CC12. The van der Waals surface area contributed by atoms with Crippen molar-refractivity contribution in [3.8, 4) is 0 Å². The topological polar surface area (TPSA) is 42.1 Å². The van der Waals surface area contributed by atoms with E-state index in [1.54, 1.807) is 11.3 Å². The number of piperidine rings is 1. The normalized spacial score (nSPS) is 38.4. The maximum Gasteiger partial charge on any atom is 0.185 e. The molecule has 0 spiro atoms. The number of thiazole rings is 1. The lowest BCUT2D eigenvalue weighted by Crippen LogP contribution is -2.27. The molecule has 1 aliphatic carbocycles. The molecule has 1 aliphatic heterocycles. The van der Waals surface area contributed by atoms with Crippen LogP contribution in [-0.4, -0.2) is 24.1 Å². The van der Waals surface area contributed by atoms with Crippen molar-refractivity contribution in [2.75, 3.05) is 18.0 Å². The van der Waals surface area contributed by atoms with Gasteiger partial charge >= 0.3 is 0 Å². The van der Waals surface area contributed by atoms with Crippen LogP contribution in [0.2, 0.25) is 0 Å². The molecular formula is C8H11N3S. The second-order valence-electron chi connectivity index (χ2n) is 3.62. The van der Waals surface area contributed by atoms with Gasteiger partial charge in [0.15, 0.2) is 5.13 Å². The Morgan fingerprint density at radius 3 is 2.83 bits per heavy atom. The van der Waals surface area contributed by atoms with Gasteiger partial charge in [0.25, 0.3) is 0 Å². The predicted molar refractivity (Wildman–Crippen MR) is 49.3 cm³/mol. The lowest BCUT2D eigenvalue weighted by molar-refractivity contribution is 0.741. The van der Waals surface area contributed by atoms with E-state index >= 15 is 0 Å².